The predicted molar refractivity (Wildman–Crippen MR) is 122 cm³/mol. The van der Waals surface area contributed by atoms with E-state index < -0.39 is 53.9 Å². The molecule has 3 unspecified atom stereocenters. The second-order valence-electron chi connectivity index (χ2n) is 8.69. The summed E-state index contributed by atoms with van der Waals surface area (Å²) in [7, 11) is 1.48. The van der Waals surface area contributed by atoms with Gasteiger partial charge in [-0.3, -0.25) is 14.5 Å². The molecule has 0 aromatic heterocycles. The quantitative estimate of drug-likeness (QED) is 0.335. The van der Waals surface area contributed by atoms with E-state index in [-0.39, 0.29) is 13.3 Å². The summed E-state index contributed by atoms with van der Waals surface area (Å²) in [6, 6.07) is 9.47. The minimum Gasteiger partial charge on any atom is -0.377 e. The summed E-state index contributed by atoms with van der Waals surface area (Å²) in [5, 5.41) is 10.7. The number of methoxy groups -OCH3 is 1. The van der Waals surface area contributed by atoms with Gasteiger partial charge in [0, 0.05) is 12.7 Å². The molecule has 2 bridgehead atoms. The maximum Gasteiger partial charge on any atom is 0.257 e. The molecule has 34 heavy (non-hydrogen) atoms. The molecule has 0 aliphatic carbocycles. The van der Waals surface area contributed by atoms with Crippen LogP contribution in [-0.2, 0) is 35.1 Å². The number of aliphatic hydroxyl groups excluding tert-OH is 1. The lowest BCUT2D eigenvalue weighted by Crippen LogP contribution is -2.58. The molecule has 180 valence electrons. The van der Waals surface area contributed by atoms with Gasteiger partial charge in [-0.25, -0.2) is 0 Å². The number of imide groups is 1. The molecule has 2 fully saturated rings. The second-order valence-corrected chi connectivity index (χ2v) is 8.69. The Labute approximate surface area is 199 Å². The van der Waals surface area contributed by atoms with Gasteiger partial charge in [-0.1, -0.05) is 48.4 Å². The number of fused-ring (bicyclic) bond motifs is 2. The molecule has 2 amide bonds. The lowest BCUT2D eigenvalue weighted by molar-refractivity contribution is -0.222. The van der Waals surface area contributed by atoms with Crippen LogP contribution in [0.1, 0.15) is 18.9 Å². The number of nitrogens with zero attached hydrogens (tertiary/aromatic N) is 1. The van der Waals surface area contributed by atoms with E-state index in [0.29, 0.717) is 12.0 Å². The summed E-state index contributed by atoms with van der Waals surface area (Å²) in [5.74, 6) is 0.603. The molecule has 0 saturated carbocycles. The first-order valence-electron chi connectivity index (χ1n) is 11.2. The van der Waals surface area contributed by atoms with Crippen LogP contribution in [0.4, 0.5) is 0 Å². The molecule has 0 spiro atoms. The van der Waals surface area contributed by atoms with E-state index in [1.54, 1.807) is 19.1 Å². The number of hydrogen-bond donors (Lipinski definition) is 1. The topological polar surface area (TPSA) is 94.5 Å². The van der Waals surface area contributed by atoms with Crippen molar-refractivity contribution in [1.82, 2.24) is 4.90 Å². The summed E-state index contributed by atoms with van der Waals surface area (Å²) < 4.78 is 23.9. The maximum atomic E-state index is 13.4. The van der Waals surface area contributed by atoms with Gasteiger partial charge in [0.05, 0.1) is 18.6 Å². The van der Waals surface area contributed by atoms with Crippen molar-refractivity contribution in [2.75, 3.05) is 13.8 Å². The van der Waals surface area contributed by atoms with Gasteiger partial charge in [0.2, 0.25) is 5.91 Å². The average molecular weight is 468 g/mol. The number of carbonyl (C=O) groups is 2. The maximum absolute atomic E-state index is 13.4. The van der Waals surface area contributed by atoms with Gasteiger partial charge in [0.15, 0.2) is 5.60 Å². The van der Waals surface area contributed by atoms with Crippen molar-refractivity contribution in [1.29, 1.82) is 0 Å². The number of carbonyl (C=O) groups excluding carboxylic acids is 2. The van der Waals surface area contributed by atoms with Crippen LogP contribution in [0, 0.1) is 18.3 Å². The molecule has 3 aliphatic heterocycles. The minimum atomic E-state index is -1.36. The van der Waals surface area contributed by atoms with E-state index in [9.17, 15) is 14.7 Å². The smallest absolute Gasteiger partial charge is 0.257 e. The van der Waals surface area contributed by atoms with Gasteiger partial charge < -0.3 is 24.1 Å². The Balaban J connectivity index is 1.56. The normalized spacial score (nSPS) is 33.5. The van der Waals surface area contributed by atoms with Crippen LogP contribution in [0.5, 0.6) is 0 Å². The van der Waals surface area contributed by atoms with Crippen LogP contribution in [0.2, 0.25) is 0 Å². The summed E-state index contributed by atoms with van der Waals surface area (Å²) in [6.07, 6.45) is 5.09. The first kappa shape index (κ1) is 24.3. The van der Waals surface area contributed by atoms with E-state index in [2.05, 4.69) is 12.5 Å². The summed E-state index contributed by atoms with van der Waals surface area (Å²) in [6.45, 7) is 5.44. The van der Waals surface area contributed by atoms with Gasteiger partial charge in [-0.2, -0.15) is 0 Å². The Morgan fingerprint density at radius 2 is 2.06 bits per heavy atom. The summed E-state index contributed by atoms with van der Waals surface area (Å²) in [5.41, 5.74) is -0.0394. The third-order valence-electron chi connectivity index (χ3n) is 6.70. The van der Waals surface area contributed by atoms with Gasteiger partial charge >= 0.3 is 0 Å². The van der Waals surface area contributed by atoms with E-state index in [1.807, 2.05) is 30.3 Å². The summed E-state index contributed by atoms with van der Waals surface area (Å²) >= 11 is 0. The first-order chi connectivity index (χ1) is 16.4. The Hall–Kier alpha value is -2.80. The van der Waals surface area contributed by atoms with Gasteiger partial charge in [0.25, 0.3) is 5.91 Å². The standard InChI is InChI=1S/C26H29NO7/c1-5-10-20-26(19(28)6-2)23(31-4)22(33-20)21(34-26)18-13-16(3)24(29)27(25(18)30)15-32-14-17-11-8-7-9-12-17/h2,5,7-9,11-13,18-23,28H,1,10,14-15H2,3-4H3/t18?,19?,20-,21+,22+,23+,26?/m1/s1. The number of aliphatic hydroxyl groups is 1. The van der Waals surface area contributed by atoms with Gasteiger partial charge in [0.1, 0.15) is 31.1 Å². The molecule has 3 aliphatic rings. The molecule has 7 atom stereocenters. The Morgan fingerprint density at radius 1 is 1.32 bits per heavy atom. The highest BCUT2D eigenvalue weighted by Gasteiger charge is 2.71. The van der Waals surface area contributed by atoms with Crippen LogP contribution in [0.25, 0.3) is 0 Å². The number of hydrogen-bond acceptors (Lipinski definition) is 7. The van der Waals surface area contributed by atoms with Crippen molar-refractivity contribution >= 4 is 11.8 Å². The largest absolute Gasteiger partial charge is 0.377 e. The van der Waals surface area contributed by atoms with E-state index in [4.69, 9.17) is 25.4 Å². The monoisotopic (exact) mass is 467 g/mol. The molecule has 1 aromatic carbocycles. The van der Waals surface area contributed by atoms with E-state index in [1.165, 1.54) is 7.11 Å². The van der Waals surface area contributed by atoms with Gasteiger partial charge in [-0.05, 0) is 18.9 Å². The SMILES string of the molecule is C#CC(O)C12O[C@@H](C3C=C(C)C(=O)N(COCc4ccccc4)C3=O)[C@H](O[C@@H]1CC=C)[C@@H]2OC. The molecule has 8 heteroatoms. The first-order valence-corrected chi connectivity index (χ1v) is 11.2. The highest BCUT2D eigenvalue weighted by Crippen LogP contribution is 2.51. The third kappa shape index (κ3) is 3.90. The molecule has 2 saturated heterocycles. The molecule has 8 nitrogen and oxygen atoms in total. The molecular weight excluding hydrogens is 438 g/mol. The van der Waals surface area contributed by atoms with Crippen molar-refractivity contribution in [3.8, 4) is 12.3 Å². The zero-order chi connectivity index (χ0) is 24.5. The minimum absolute atomic E-state index is 0.197. The van der Waals surface area contributed by atoms with E-state index in [0.717, 1.165) is 10.5 Å². The number of terminal acetylenes is 1. The third-order valence-corrected chi connectivity index (χ3v) is 6.70. The van der Waals surface area contributed by atoms with Crippen LogP contribution >= 0.6 is 0 Å². The number of ether oxygens (including phenoxy) is 4. The highest BCUT2D eigenvalue weighted by atomic mass is 16.7. The zero-order valence-electron chi connectivity index (χ0n) is 19.3. The van der Waals surface area contributed by atoms with E-state index >= 15 is 0 Å². The lowest BCUT2D eigenvalue weighted by atomic mass is 9.84. The van der Waals surface area contributed by atoms with Crippen LogP contribution in [0.3, 0.4) is 0 Å². The zero-order valence-corrected chi connectivity index (χ0v) is 19.3. The second kappa shape index (κ2) is 9.82. The van der Waals surface area contributed by atoms with Crippen LogP contribution < -0.4 is 0 Å². The predicted octanol–water partition coefficient (Wildman–Crippen LogP) is 1.58. The Morgan fingerprint density at radius 3 is 2.71 bits per heavy atom. The molecule has 1 N–H and O–H groups in total. The molecule has 1 aromatic rings. The number of benzene rings is 1. The van der Waals surface area contributed by atoms with Crippen LogP contribution in [-0.4, -0.2) is 71.8 Å². The Bertz CT molecular complexity index is 1020. The Kier molecular flexibility index (Phi) is 7.03. The lowest BCUT2D eigenvalue weighted by Gasteiger charge is -2.41. The van der Waals surface area contributed by atoms with Gasteiger partial charge in [-0.15, -0.1) is 13.0 Å². The van der Waals surface area contributed by atoms with Crippen molar-refractivity contribution < 1.29 is 33.6 Å². The van der Waals surface area contributed by atoms with Crippen molar-refractivity contribution in [3.05, 3.63) is 60.2 Å². The number of rotatable bonds is 9. The highest BCUT2D eigenvalue weighted by molar-refractivity contribution is 6.08. The fraction of sp³-hybridized carbons (Fsp3) is 0.462. The van der Waals surface area contributed by atoms with Crippen molar-refractivity contribution in [3.63, 3.8) is 0 Å². The summed E-state index contributed by atoms with van der Waals surface area (Å²) in [4.78, 5) is 27.2. The van der Waals surface area contributed by atoms with Crippen molar-refractivity contribution in [2.45, 2.75) is 56.1 Å². The molecule has 0 radical (unpaired) electrons. The molecule has 4 rings (SSSR count). The fourth-order valence-electron chi connectivity index (χ4n) is 5.11. The van der Waals surface area contributed by atoms with Crippen LogP contribution in [0.15, 0.2) is 54.6 Å². The average Bonchev–Trinajstić information content (AvgIpc) is 3.34. The molecule has 3 heterocycles. The molecular formula is C26H29NO7. The van der Waals surface area contributed by atoms with Crippen molar-refractivity contribution in [2.24, 2.45) is 5.92 Å². The number of amides is 2. The fourth-order valence-corrected chi connectivity index (χ4v) is 5.11.